The van der Waals surface area contributed by atoms with Gasteiger partial charge in [-0.25, -0.2) is 15.0 Å². The lowest BCUT2D eigenvalue weighted by molar-refractivity contribution is -0.138. The van der Waals surface area contributed by atoms with E-state index in [-0.39, 0.29) is 17.4 Å². The Hall–Kier alpha value is -3.43. The zero-order valence-corrected chi connectivity index (χ0v) is 20.2. The number of halogens is 3. The van der Waals surface area contributed by atoms with Crippen molar-refractivity contribution in [3.8, 4) is 0 Å². The van der Waals surface area contributed by atoms with E-state index in [9.17, 15) is 18.0 Å². The standard InChI is InChI=1S/C25H29F3N6O/c1-13-18(6-5-7-21(13)25(26,27)28)14(2)30-23-20-12-19(17-8-10-34(11-9-17)16(4)35)22(29)33-24(20)32-15(3)31-23/h5-7,12,14,17H,8-11H2,1-4H3,(H3,29,30,31,32,33)/t14-/m1/s1. The molecule has 0 saturated carbocycles. The Morgan fingerprint density at radius 1 is 1.17 bits per heavy atom. The van der Waals surface area contributed by atoms with E-state index in [4.69, 9.17) is 5.73 Å². The number of hydrogen-bond acceptors (Lipinski definition) is 6. The number of anilines is 2. The lowest BCUT2D eigenvalue weighted by Gasteiger charge is -2.32. The van der Waals surface area contributed by atoms with Crippen LogP contribution in [0.3, 0.4) is 0 Å². The number of hydrogen-bond donors (Lipinski definition) is 2. The van der Waals surface area contributed by atoms with E-state index in [0.717, 1.165) is 24.5 Å². The summed E-state index contributed by atoms with van der Waals surface area (Å²) in [7, 11) is 0. The maximum Gasteiger partial charge on any atom is 0.416 e. The van der Waals surface area contributed by atoms with E-state index in [1.54, 1.807) is 26.8 Å². The minimum absolute atomic E-state index is 0.0577. The second-order valence-corrected chi connectivity index (χ2v) is 9.12. The van der Waals surface area contributed by atoms with Crippen LogP contribution in [0.2, 0.25) is 0 Å². The molecule has 1 saturated heterocycles. The van der Waals surface area contributed by atoms with Crippen LogP contribution in [0.1, 0.15) is 66.7 Å². The molecular weight excluding hydrogens is 457 g/mol. The number of fused-ring (bicyclic) bond motifs is 1. The number of piperidine rings is 1. The minimum Gasteiger partial charge on any atom is -0.383 e. The molecule has 0 radical (unpaired) electrons. The maximum absolute atomic E-state index is 13.4. The summed E-state index contributed by atoms with van der Waals surface area (Å²) in [6.07, 6.45) is -2.88. The summed E-state index contributed by atoms with van der Waals surface area (Å²) < 4.78 is 40.3. The fraction of sp³-hybridized carbons (Fsp3) is 0.440. The number of nitrogens with zero attached hydrogens (tertiary/aromatic N) is 4. The van der Waals surface area contributed by atoms with Crippen LogP contribution in [-0.4, -0.2) is 38.8 Å². The van der Waals surface area contributed by atoms with E-state index in [2.05, 4.69) is 20.3 Å². The fourth-order valence-electron chi connectivity index (χ4n) is 4.85. The minimum atomic E-state index is -4.42. The molecule has 0 unspecified atom stereocenters. The van der Waals surface area contributed by atoms with E-state index in [0.29, 0.717) is 47.1 Å². The van der Waals surface area contributed by atoms with Gasteiger partial charge in [-0.1, -0.05) is 12.1 Å². The summed E-state index contributed by atoms with van der Waals surface area (Å²) in [5, 5.41) is 3.94. The second kappa shape index (κ2) is 9.31. The number of nitrogens with one attached hydrogen (secondary N) is 1. The number of amides is 1. The number of carbonyl (C=O) groups excluding carboxylic acids is 1. The molecular formula is C25H29F3N6O. The Balaban J connectivity index is 1.69. The van der Waals surface area contributed by atoms with Crippen molar-refractivity contribution in [3.63, 3.8) is 0 Å². The van der Waals surface area contributed by atoms with Gasteiger partial charge in [0.15, 0.2) is 5.65 Å². The molecule has 1 atom stereocenters. The zero-order valence-electron chi connectivity index (χ0n) is 20.2. The first-order valence-corrected chi connectivity index (χ1v) is 11.6. The molecule has 3 aromatic rings. The fourth-order valence-corrected chi connectivity index (χ4v) is 4.85. The average Bonchev–Trinajstić information content (AvgIpc) is 2.78. The zero-order chi connectivity index (χ0) is 25.5. The Kier molecular flexibility index (Phi) is 6.57. The van der Waals surface area contributed by atoms with E-state index in [1.165, 1.54) is 13.0 Å². The summed E-state index contributed by atoms with van der Waals surface area (Å²) in [5.41, 5.74) is 7.66. The monoisotopic (exact) mass is 486 g/mol. The Morgan fingerprint density at radius 3 is 2.49 bits per heavy atom. The average molecular weight is 487 g/mol. The molecule has 3 N–H and O–H groups in total. The highest BCUT2D eigenvalue weighted by atomic mass is 19.4. The molecule has 3 heterocycles. The second-order valence-electron chi connectivity index (χ2n) is 9.12. The summed E-state index contributed by atoms with van der Waals surface area (Å²) in [5.74, 6) is 1.56. The molecule has 0 spiro atoms. The highest BCUT2D eigenvalue weighted by Crippen LogP contribution is 2.37. The smallest absolute Gasteiger partial charge is 0.383 e. The Labute approximate surface area is 202 Å². The molecule has 2 aromatic heterocycles. The van der Waals surface area contributed by atoms with Crippen molar-refractivity contribution in [2.24, 2.45) is 0 Å². The summed E-state index contributed by atoms with van der Waals surface area (Å²) in [6.45, 7) is 7.88. The molecule has 4 rings (SSSR count). The first-order chi connectivity index (χ1) is 16.5. The predicted octanol–water partition coefficient (Wildman–Crippen LogP) is 5.14. The van der Waals surface area contributed by atoms with Crippen LogP contribution >= 0.6 is 0 Å². The predicted molar refractivity (Wildman–Crippen MR) is 129 cm³/mol. The van der Waals surface area contributed by atoms with Gasteiger partial charge < -0.3 is 16.0 Å². The summed E-state index contributed by atoms with van der Waals surface area (Å²) in [4.78, 5) is 27.0. The lowest BCUT2D eigenvalue weighted by Crippen LogP contribution is -2.36. The van der Waals surface area contributed by atoms with Crippen molar-refractivity contribution in [3.05, 3.63) is 52.3 Å². The van der Waals surface area contributed by atoms with Crippen LogP contribution in [0.4, 0.5) is 24.8 Å². The van der Waals surface area contributed by atoms with Gasteiger partial charge in [0.2, 0.25) is 5.91 Å². The number of carbonyl (C=O) groups is 1. The van der Waals surface area contributed by atoms with Crippen LogP contribution in [0.25, 0.3) is 11.0 Å². The summed E-state index contributed by atoms with van der Waals surface area (Å²) in [6, 6.07) is 5.67. The number of benzene rings is 1. The third-order valence-corrected chi connectivity index (χ3v) is 6.74. The quantitative estimate of drug-likeness (QED) is 0.530. The largest absolute Gasteiger partial charge is 0.416 e. The number of pyridine rings is 1. The van der Waals surface area contributed by atoms with Crippen molar-refractivity contribution in [2.75, 3.05) is 24.1 Å². The number of rotatable bonds is 4. The highest BCUT2D eigenvalue weighted by molar-refractivity contribution is 5.88. The first-order valence-electron chi connectivity index (χ1n) is 11.6. The van der Waals surface area contributed by atoms with E-state index >= 15 is 0 Å². The normalized spacial score (nSPS) is 15.9. The molecule has 35 heavy (non-hydrogen) atoms. The third kappa shape index (κ3) is 5.01. The number of aromatic nitrogens is 3. The Bertz CT molecular complexity index is 1270. The number of likely N-dealkylation sites (tertiary alicyclic amines) is 1. The molecule has 10 heteroatoms. The first kappa shape index (κ1) is 24.7. The van der Waals surface area contributed by atoms with Gasteiger partial charge in [-0.05, 0) is 68.4 Å². The van der Waals surface area contributed by atoms with Gasteiger partial charge in [-0.15, -0.1) is 0 Å². The maximum atomic E-state index is 13.4. The van der Waals surface area contributed by atoms with Crippen LogP contribution in [0, 0.1) is 13.8 Å². The third-order valence-electron chi connectivity index (χ3n) is 6.74. The van der Waals surface area contributed by atoms with Crippen LogP contribution in [0.15, 0.2) is 24.3 Å². The van der Waals surface area contributed by atoms with Crippen LogP contribution < -0.4 is 11.1 Å². The van der Waals surface area contributed by atoms with Crippen LogP contribution in [-0.2, 0) is 11.0 Å². The summed E-state index contributed by atoms with van der Waals surface area (Å²) >= 11 is 0. The van der Waals surface area contributed by atoms with Crippen molar-refractivity contribution in [2.45, 2.75) is 58.7 Å². The number of aryl methyl sites for hydroxylation is 1. The lowest BCUT2D eigenvalue weighted by atomic mass is 9.89. The molecule has 1 fully saturated rings. The Morgan fingerprint density at radius 2 is 1.86 bits per heavy atom. The molecule has 1 amide bonds. The molecule has 0 aliphatic carbocycles. The van der Waals surface area contributed by atoms with Crippen molar-refractivity contribution in [1.82, 2.24) is 19.9 Å². The SMILES string of the molecule is CC(=O)N1CCC(c2cc3c(N[C@H](C)c4cccc(C(F)(F)F)c4C)nc(C)nc3nc2N)CC1. The molecule has 0 bridgehead atoms. The van der Waals surface area contributed by atoms with Gasteiger partial charge in [0.05, 0.1) is 17.0 Å². The topological polar surface area (TPSA) is 97.0 Å². The van der Waals surface area contributed by atoms with Gasteiger partial charge in [0, 0.05) is 20.0 Å². The molecule has 1 aliphatic heterocycles. The van der Waals surface area contributed by atoms with E-state index in [1.807, 2.05) is 11.0 Å². The van der Waals surface area contributed by atoms with Gasteiger partial charge >= 0.3 is 6.18 Å². The van der Waals surface area contributed by atoms with E-state index < -0.39 is 17.8 Å². The number of nitrogens with two attached hydrogens (primary N) is 1. The molecule has 1 aromatic carbocycles. The highest BCUT2D eigenvalue weighted by Gasteiger charge is 2.33. The van der Waals surface area contributed by atoms with Gasteiger partial charge in [-0.2, -0.15) is 13.2 Å². The number of nitrogen functional groups attached to an aromatic ring is 1. The van der Waals surface area contributed by atoms with Crippen molar-refractivity contribution in [1.29, 1.82) is 0 Å². The van der Waals surface area contributed by atoms with Gasteiger partial charge in [0.1, 0.15) is 17.5 Å². The van der Waals surface area contributed by atoms with Crippen LogP contribution in [0.5, 0.6) is 0 Å². The molecule has 186 valence electrons. The number of alkyl halides is 3. The van der Waals surface area contributed by atoms with Gasteiger partial charge in [0.25, 0.3) is 0 Å². The van der Waals surface area contributed by atoms with Gasteiger partial charge in [-0.3, -0.25) is 4.79 Å². The molecule has 7 nitrogen and oxygen atoms in total. The molecule has 1 aliphatic rings. The van der Waals surface area contributed by atoms with Crippen molar-refractivity contribution < 1.29 is 18.0 Å². The van der Waals surface area contributed by atoms with Crippen molar-refractivity contribution >= 4 is 28.6 Å².